The Morgan fingerprint density at radius 1 is 1.07 bits per heavy atom. The number of nitrogens with two attached hydrogens (primary N) is 1. The van der Waals surface area contributed by atoms with Gasteiger partial charge < -0.3 is 10.5 Å². The van der Waals surface area contributed by atoms with Crippen molar-refractivity contribution in [3.05, 3.63) is 95.3 Å². The lowest BCUT2D eigenvalue weighted by Gasteiger charge is -2.07. The molecule has 3 aromatic carbocycles. The minimum absolute atomic E-state index is 0.281. The van der Waals surface area contributed by atoms with Crippen molar-refractivity contribution in [3.63, 3.8) is 0 Å². The normalized spacial score (nSPS) is 10.7. The zero-order chi connectivity index (χ0) is 19.1. The molecule has 0 atom stereocenters. The molecule has 136 valence electrons. The van der Waals surface area contributed by atoms with Gasteiger partial charge in [0.15, 0.2) is 0 Å². The largest absolute Gasteiger partial charge is 0.489 e. The van der Waals surface area contributed by atoms with Gasteiger partial charge in [0.2, 0.25) is 0 Å². The van der Waals surface area contributed by atoms with Gasteiger partial charge in [-0.05, 0) is 47.5 Å². The number of hydrogen-bond donors (Lipinski definition) is 2. The minimum Gasteiger partial charge on any atom is -0.489 e. The van der Waals surface area contributed by atoms with Gasteiger partial charge in [-0.25, -0.2) is 9.82 Å². The van der Waals surface area contributed by atoms with Crippen LogP contribution in [0.1, 0.15) is 21.5 Å². The molecule has 3 rings (SSSR count). The number of ether oxygens (including phenoxy) is 1. The Morgan fingerprint density at radius 3 is 2.63 bits per heavy atom. The highest BCUT2D eigenvalue weighted by Crippen LogP contribution is 2.15. The summed E-state index contributed by atoms with van der Waals surface area (Å²) in [7, 11) is 0. The summed E-state index contributed by atoms with van der Waals surface area (Å²) < 4.78 is 18.6. The molecule has 0 heterocycles. The van der Waals surface area contributed by atoms with Gasteiger partial charge in [0.25, 0.3) is 5.91 Å². The third-order valence-corrected chi connectivity index (χ3v) is 3.76. The molecule has 6 heteroatoms. The van der Waals surface area contributed by atoms with Crippen molar-refractivity contribution in [2.45, 2.75) is 6.61 Å². The molecule has 0 saturated carbocycles. The molecule has 0 spiro atoms. The van der Waals surface area contributed by atoms with Gasteiger partial charge in [0.1, 0.15) is 18.2 Å². The van der Waals surface area contributed by atoms with Gasteiger partial charge in [-0.1, -0.05) is 36.4 Å². The number of para-hydroxylation sites is 1. The number of anilines is 1. The van der Waals surface area contributed by atoms with E-state index in [1.54, 1.807) is 42.5 Å². The van der Waals surface area contributed by atoms with Crippen molar-refractivity contribution in [2.75, 3.05) is 5.73 Å². The number of hydrazone groups is 1. The van der Waals surface area contributed by atoms with E-state index >= 15 is 0 Å². The smallest absolute Gasteiger partial charge is 0.273 e. The molecule has 0 fully saturated rings. The summed E-state index contributed by atoms with van der Waals surface area (Å²) in [6, 6.07) is 20.1. The van der Waals surface area contributed by atoms with Crippen LogP contribution in [-0.4, -0.2) is 12.1 Å². The number of carbonyl (C=O) groups is 1. The van der Waals surface area contributed by atoms with E-state index in [1.807, 2.05) is 18.2 Å². The van der Waals surface area contributed by atoms with E-state index < -0.39 is 0 Å². The summed E-state index contributed by atoms with van der Waals surface area (Å²) in [5.41, 5.74) is 10.6. The van der Waals surface area contributed by atoms with Gasteiger partial charge >= 0.3 is 0 Å². The zero-order valence-corrected chi connectivity index (χ0v) is 14.4. The second kappa shape index (κ2) is 8.62. The summed E-state index contributed by atoms with van der Waals surface area (Å²) in [6.07, 6.45) is 1.52. The Hall–Kier alpha value is -3.67. The Morgan fingerprint density at radius 2 is 1.85 bits per heavy atom. The molecule has 3 N–H and O–H groups in total. The highest BCUT2D eigenvalue weighted by molar-refractivity contribution is 5.99. The van der Waals surface area contributed by atoms with Crippen molar-refractivity contribution >= 4 is 17.8 Å². The fourth-order valence-electron chi connectivity index (χ4n) is 2.36. The third-order valence-electron chi connectivity index (χ3n) is 3.76. The SMILES string of the molecule is Nc1ccccc1C(=O)N/N=C\c1cccc(OCc2ccc(F)cc2)c1. The molecule has 27 heavy (non-hydrogen) atoms. The third kappa shape index (κ3) is 5.15. The average molecular weight is 363 g/mol. The van der Waals surface area contributed by atoms with E-state index in [0.717, 1.165) is 11.1 Å². The minimum atomic E-state index is -0.381. The predicted octanol–water partition coefficient (Wildman–Crippen LogP) is 3.75. The van der Waals surface area contributed by atoms with Crippen LogP contribution in [-0.2, 0) is 6.61 Å². The number of benzene rings is 3. The number of halogens is 1. The van der Waals surface area contributed by atoms with E-state index in [0.29, 0.717) is 23.6 Å². The lowest BCUT2D eigenvalue weighted by Crippen LogP contribution is -2.18. The molecule has 0 radical (unpaired) electrons. The van der Waals surface area contributed by atoms with Crippen LogP contribution in [0.4, 0.5) is 10.1 Å². The number of nitrogens with one attached hydrogen (secondary N) is 1. The van der Waals surface area contributed by atoms with Gasteiger partial charge in [-0.15, -0.1) is 0 Å². The van der Waals surface area contributed by atoms with Crippen LogP contribution in [0.5, 0.6) is 5.75 Å². The molecule has 0 aliphatic heterocycles. The Bertz CT molecular complexity index is 956. The second-order valence-electron chi connectivity index (χ2n) is 5.77. The fourth-order valence-corrected chi connectivity index (χ4v) is 2.36. The molecule has 5 nitrogen and oxygen atoms in total. The Labute approximate surface area is 156 Å². The van der Waals surface area contributed by atoms with Crippen LogP contribution < -0.4 is 15.9 Å². The number of nitrogen functional groups attached to an aromatic ring is 1. The first kappa shape index (κ1) is 18.1. The molecule has 0 saturated heterocycles. The van der Waals surface area contributed by atoms with E-state index in [9.17, 15) is 9.18 Å². The first-order chi connectivity index (χ1) is 13.1. The predicted molar refractivity (Wildman–Crippen MR) is 103 cm³/mol. The van der Waals surface area contributed by atoms with Crippen LogP contribution in [0.2, 0.25) is 0 Å². The molecule has 0 aromatic heterocycles. The van der Waals surface area contributed by atoms with Crippen molar-refractivity contribution < 1.29 is 13.9 Å². The summed E-state index contributed by atoms with van der Waals surface area (Å²) in [4.78, 5) is 12.0. The second-order valence-corrected chi connectivity index (χ2v) is 5.77. The van der Waals surface area contributed by atoms with Crippen molar-refractivity contribution in [2.24, 2.45) is 5.10 Å². The average Bonchev–Trinajstić information content (AvgIpc) is 2.68. The number of carbonyl (C=O) groups excluding carboxylic acids is 1. The Balaban J connectivity index is 1.58. The molecule has 0 unspecified atom stereocenters. The van der Waals surface area contributed by atoms with Gasteiger partial charge in [0.05, 0.1) is 11.8 Å². The van der Waals surface area contributed by atoms with Crippen LogP contribution >= 0.6 is 0 Å². The number of nitrogens with zero attached hydrogens (tertiary/aromatic N) is 1. The van der Waals surface area contributed by atoms with Crippen LogP contribution in [0, 0.1) is 5.82 Å². The highest BCUT2D eigenvalue weighted by Gasteiger charge is 2.07. The maximum atomic E-state index is 12.9. The van der Waals surface area contributed by atoms with E-state index in [1.165, 1.54) is 18.3 Å². The van der Waals surface area contributed by atoms with Crippen LogP contribution in [0.3, 0.4) is 0 Å². The topological polar surface area (TPSA) is 76.7 Å². The summed E-state index contributed by atoms with van der Waals surface area (Å²) in [5.74, 6) is -0.0220. The van der Waals surface area contributed by atoms with Crippen molar-refractivity contribution in [1.29, 1.82) is 0 Å². The van der Waals surface area contributed by atoms with Gasteiger partial charge in [-0.3, -0.25) is 4.79 Å². The molecular weight excluding hydrogens is 345 g/mol. The monoisotopic (exact) mass is 363 g/mol. The quantitative estimate of drug-likeness (QED) is 0.398. The molecule has 3 aromatic rings. The van der Waals surface area contributed by atoms with Crippen LogP contribution in [0.25, 0.3) is 0 Å². The number of hydrogen-bond acceptors (Lipinski definition) is 4. The first-order valence-corrected chi connectivity index (χ1v) is 8.27. The maximum absolute atomic E-state index is 12.9. The summed E-state index contributed by atoms with van der Waals surface area (Å²) >= 11 is 0. The summed E-state index contributed by atoms with van der Waals surface area (Å²) in [5, 5.41) is 3.95. The molecular formula is C21H18FN3O2. The van der Waals surface area contributed by atoms with Crippen LogP contribution in [0.15, 0.2) is 77.9 Å². The lowest BCUT2D eigenvalue weighted by atomic mass is 10.2. The molecule has 0 bridgehead atoms. The number of amides is 1. The first-order valence-electron chi connectivity index (χ1n) is 8.27. The standard InChI is InChI=1S/C21H18FN3O2/c22-17-10-8-15(9-11-17)14-27-18-5-3-4-16(12-18)13-24-25-21(26)19-6-1-2-7-20(19)23/h1-13H,14,23H2,(H,25,26)/b24-13-. The molecule has 1 amide bonds. The van der Waals surface area contributed by atoms with Gasteiger partial charge in [0, 0.05) is 5.69 Å². The zero-order valence-electron chi connectivity index (χ0n) is 14.4. The van der Waals surface area contributed by atoms with E-state index in [2.05, 4.69) is 10.5 Å². The van der Waals surface area contributed by atoms with E-state index in [-0.39, 0.29) is 11.7 Å². The molecule has 0 aliphatic carbocycles. The van der Waals surface area contributed by atoms with Gasteiger partial charge in [-0.2, -0.15) is 5.10 Å². The highest BCUT2D eigenvalue weighted by atomic mass is 19.1. The van der Waals surface area contributed by atoms with E-state index in [4.69, 9.17) is 10.5 Å². The summed E-state index contributed by atoms with van der Waals surface area (Å²) in [6.45, 7) is 0.324. The maximum Gasteiger partial charge on any atom is 0.273 e. The van der Waals surface area contributed by atoms with Crippen molar-refractivity contribution in [3.8, 4) is 5.75 Å². The molecule has 0 aliphatic rings. The number of rotatable bonds is 6. The lowest BCUT2D eigenvalue weighted by molar-refractivity contribution is 0.0956. The Kier molecular flexibility index (Phi) is 5.79. The van der Waals surface area contributed by atoms with Crippen molar-refractivity contribution in [1.82, 2.24) is 5.43 Å². The fraction of sp³-hybridized carbons (Fsp3) is 0.0476.